The molecule has 0 aromatic heterocycles. The van der Waals surface area contributed by atoms with Gasteiger partial charge in [-0.25, -0.2) is 0 Å². The number of nitrogens with two attached hydrogens (primary N) is 1. The Morgan fingerprint density at radius 3 is 2.89 bits per heavy atom. The zero-order valence-corrected chi connectivity index (χ0v) is 10.9. The second-order valence-electron chi connectivity index (χ2n) is 4.02. The Labute approximate surface area is 108 Å². The minimum Gasteiger partial charge on any atom is -0.489 e. The largest absolute Gasteiger partial charge is 0.489 e. The van der Waals surface area contributed by atoms with Gasteiger partial charge in [0.05, 0.1) is 0 Å². The molecule has 4 heteroatoms. The van der Waals surface area contributed by atoms with Crippen molar-refractivity contribution in [1.82, 2.24) is 5.32 Å². The van der Waals surface area contributed by atoms with Crippen molar-refractivity contribution >= 4 is 5.91 Å². The normalized spacial score (nSPS) is 11.1. The first-order chi connectivity index (χ1) is 8.67. The molecule has 0 atom stereocenters. The second kappa shape index (κ2) is 7.37. The smallest absolute Gasteiger partial charge is 0.248 e. The predicted molar refractivity (Wildman–Crippen MR) is 72.5 cm³/mol. The maximum Gasteiger partial charge on any atom is 0.248 e. The molecule has 0 saturated carbocycles. The fourth-order valence-corrected chi connectivity index (χ4v) is 1.63. The molecular weight excluding hydrogens is 228 g/mol. The summed E-state index contributed by atoms with van der Waals surface area (Å²) in [6.45, 7) is 2.63. The summed E-state index contributed by atoms with van der Waals surface area (Å²) in [4.78, 5) is 11.0. The Morgan fingerprint density at radius 2 is 2.28 bits per heavy atom. The fourth-order valence-electron chi connectivity index (χ4n) is 1.63. The number of hydrogen-bond donors (Lipinski definition) is 2. The van der Waals surface area contributed by atoms with E-state index in [-0.39, 0.29) is 0 Å². The lowest BCUT2D eigenvalue weighted by molar-refractivity contribution is 0.1000. The van der Waals surface area contributed by atoms with E-state index in [1.807, 2.05) is 19.3 Å². The summed E-state index contributed by atoms with van der Waals surface area (Å²) >= 11 is 0. The van der Waals surface area contributed by atoms with Gasteiger partial charge >= 0.3 is 0 Å². The Bertz CT molecular complexity index is 428. The van der Waals surface area contributed by atoms with Crippen molar-refractivity contribution in [2.24, 2.45) is 5.73 Å². The number of ether oxygens (including phenoxy) is 1. The van der Waals surface area contributed by atoms with Crippen LogP contribution in [0.2, 0.25) is 0 Å². The summed E-state index contributed by atoms with van der Waals surface area (Å²) in [5, 5.41) is 3.00. The number of carbonyl (C=O) groups is 1. The second-order valence-corrected chi connectivity index (χ2v) is 4.02. The quantitative estimate of drug-likeness (QED) is 0.776. The van der Waals surface area contributed by atoms with E-state index in [9.17, 15) is 4.79 Å². The molecule has 1 aromatic rings. The number of benzene rings is 1. The number of primary amides is 1. The van der Waals surface area contributed by atoms with E-state index in [0.717, 1.165) is 12.8 Å². The molecule has 0 aliphatic heterocycles. The first kappa shape index (κ1) is 14.1. The van der Waals surface area contributed by atoms with Crippen LogP contribution in [0.25, 0.3) is 0 Å². The summed E-state index contributed by atoms with van der Waals surface area (Å²) < 4.78 is 5.65. The summed E-state index contributed by atoms with van der Waals surface area (Å²) in [6, 6.07) is 6.91. The minimum atomic E-state index is -0.444. The van der Waals surface area contributed by atoms with Crippen LogP contribution in [0.4, 0.5) is 0 Å². The first-order valence-electron chi connectivity index (χ1n) is 6.05. The minimum absolute atomic E-state index is 0.444. The van der Waals surface area contributed by atoms with Gasteiger partial charge in [-0.05, 0) is 36.4 Å². The summed E-state index contributed by atoms with van der Waals surface area (Å²) in [5.74, 6) is 0.212. The van der Waals surface area contributed by atoms with E-state index in [1.165, 1.54) is 5.57 Å². The monoisotopic (exact) mass is 248 g/mol. The molecule has 0 fully saturated rings. The van der Waals surface area contributed by atoms with E-state index in [4.69, 9.17) is 10.5 Å². The SMILES string of the molecule is CCC/C(=C\NC)COc1cccc(C(N)=O)c1. The third-order valence-electron chi connectivity index (χ3n) is 2.46. The number of carbonyl (C=O) groups excluding carboxylic acids is 1. The Balaban J connectivity index is 2.64. The van der Waals surface area contributed by atoms with E-state index >= 15 is 0 Å². The zero-order chi connectivity index (χ0) is 13.4. The lowest BCUT2D eigenvalue weighted by atomic mass is 10.2. The van der Waals surface area contributed by atoms with Crippen molar-refractivity contribution in [3.05, 3.63) is 41.6 Å². The van der Waals surface area contributed by atoms with Gasteiger partial charge in [-0.15, -0.1) is 0 Å². The average Bonchev–Trinajstić information content (AvgIpc) is 2.37. The van der Waals surface area contributed by atoms with Crippen LogP contribution in [0.1, 0.15) is 30.1 Å². The van der Waals surface area contributed by atoms with E-state index < -0.39 is 5.91 Å². The first-order valence-corrected chi connectivity index (χ1v) is 6.05. The van der Waals surface area contributed by atoms with Gasteiger partial charge in [-0.2, -0.15) is 0 Å². The molecule has 0 spiro atoms. The lowest BCUT2D eigenvalue weighted by Gasteiger charge is -2.10. The predicted octanol–water partition coefficient (Wildman–Crippen LogP) is 2.07. The molecule has 0 heterocycles. The summed E-state index contributed by atoms with van der Waals surface area (Å²) in [7, 11) is 1.86. The number of hydrogen-bond acceptors (Lipinski definition) is 3. The third-order valence-corrected chi connectivity index (χ3v) is 2.46. The van der Waals surface area contributed by atoms with Crippen molar-refractivity contribution in [2.45, 2.75) is 19.8 Å². The molecule has 3 N–H and O–H groups in total. The maximum atomic E-state index is 11.0. The van der Waals surface area contributed by atoms with Crippen LogP contribution in [0.5, 0.6) is 5.75 Å². The molecule has 98 valence electrons. The van der Waals surface area contributed by atoms with Crippen molar-refractivity contribution in [1.29, 1.82) is 0 Å². The molecule has 1 rings (SSSR count). The highest BCUT2D eigenvalue weighted by Gasteiger charge is 2.03. The molecular formula is C14H20N2O2. The van der Waals surface area contributed by atoms with Gasteiger partial charge in [0.25, 0.3) is 0 Å². The van der Waals surface area contributed by atoms with Crippen molar-refractivity contribution in [3.8, 4) is 5.75 Å². The van der Waals surface area contributed by atoms with E-state index in [2.05, 4.69) is 12.2 Å². The molecule has 0 radical (unpaired) electrons. The molecule has 0 saturated heterocycles. The van der Waals surface area contributed by atoms with E-state index in [1.54, 1.807) is 18.2 Å². The van der Waals surface area contributed by atoms with Crippen LogP contribution >= 0.6 is 0 Å². The van der Waals surface area contributed by atoms with Crippen molar-refractivity contribution in [2.75, 3.05) is 13.7 Å². The Hall–Kier alpha value is -1.97. The number of nitrogens with one attached hydrogen (secondary N) is 1. The lowest BCUT2D eigenvalue weighted by Crippen LogP contribution is -2.11. The molecule has 18 heavy (non-hydrogen) atoms. The third kappa shape index (κ3) is 4.49. The zero-order valence-electron chi connectivity index (χ0n) is 10.9. The molecule has 0 bridgehead atoms. The Morgan fingerprint density at radius 1 is 1.50 bits per heavy atom. The topological polar surface area (TPSA) is 64.3 Å². The van der Waals surface area contributed by atoms with E-state index in [0.29, 0.717) is 17.9 Å². The number of rotatable bonds is 7. The van der Waals surface area contributed by atoms with Gasteiger partial charge in [0.1, 0.15) is 12.4 Å². The summed E-state index contributed by atoms with van der Waals surface area (Å²) in [5.41, 5.74) is 6.86. The standard InChI is InChI=1S/C14H20N2O2/c1-3-5-11(9-16-2)10-18-13-7-4-6-12(8-13)14(15)17/h4,6-9,16H,3,5,10H2,1-2H3,(H2,15,17)/b11-9+. The van der Waals surface area contributed by atoms with Gasteiger partial charge < -0.3 is 15.8 Å². The van der Waals surface area contributed by atoms with Crippen LogP contribution in [0.3, 0.4) is 0 Å². The maximum absolute atomic E-state index is 11.0. The van der Waals surface area contributed by atoms with Gasteiger partial charge in [-0.3, -0.25) is 4.79 Å². The molecule has 0 aliphatic carbocycles. The molecule has 4 nitrogen and oxygen atoms in total. The van der Waals surface area contributed by atoms with Gasteiger partial charge in [0.2, 0.25) is 5.91 Å². The Kier molecular flexibility index (Phi) is 5.77. The molecule has 0 unspecified atom stereocenters. The van der Waals surface area contributed by atoms with Crippen LogP contribution in [-0.4, -0.2) is 19.6 Å². The van der Waals surface area contributed by atoms with Crippen molar-refractivity contribution in [3.63, 3.8) is 0 Å². The highest BCUT2D eigenvalue weighted by molar-refractivity contribution is 5.93. The van der Waals surface area contributed by atoms with Crippen LogP contribution < -0.4 is 15.8 Å². The van der Waals surface area contributed by atoms with Gasteiger partial charge in [0, 0.05) is 12.6 Å². The fraction of sp³-hybridized carbons (Fsp3) is 0.357. The van der Waals surface area contributed by atoms with Crippen LogP contribution in [-0.2, 0) is 0 Å². The summed E-state index contributed by atoms with van der Waals surface area (Å²) in [6.07, 6.45) is 4.00. The average molecular weight is 248 g/mol. The van der Waals surface area contributed by atoms with Crippen molar-refractivity contribution < 1.29 is 9.53 Å². The van der Waals surface area contributed by atoms with Gasteiger partial charge in [-0.1, -0.05) is 19.4 Å². The number of amides is 1. The molecule has 1 amide bonds. The van der Waals surface area contributed by atoms with Crippen LogP contribution in [0, 0.1) is 0 Å². The molecule has 1 aromatic carbocycles. The highest BCUT2D eigenvalue weighted by atomic mass is 16.5. The van der Waals surface area contributed by atoms with Crippen LogP contribution in [0.15, 0.2) is 36.0 Å². The van der Waals surface area contributed by atoms with Gasteiger partial charge in [0.15, 0.2) is 0 Å². The molecule has 0 aliphatic rings. The highest BCUT2D eigenvalue weighted by Crippen LogP contribution is 2.15.